The lowest BCUT2D eigenvalue weighted by Crippen LogP contribution is -2.31. The van der Waals surface area contributed by atoms with Crippen molar-refractivity contribution in [3.63, 3.8) is 0 Å². The summed E-state index contributed by atoms with van der Waals surface area (Å²) in [4.78, 5) is 16.6. The maximum Gasteiger partial charge on any atom is 0.342 e. The van der Waals surface area contributed by atoms with E-state index in [1.54, 1.807) is 26.2 Å². The number of aliphatic hydroxyl groups is 2. The molecule has 0 fully saturated rings. The molecule has 0 bridgehead atoms. The van der Waals surface area contributed by atoms with E-state index in [0.29, 0.717) is 30.8 Å². The van der Waals surface area contributed by atoms with E-state index in [-0.39, 0.29) is 35.9 Å². The topological polar surface area (TPSA) is 122 Å². The predicted molar refractivity (Wildman–Crippen MR) is 117 cm³/mol. The minimum atomic E-state index is -0.754. The number of cyclic esters (lactones) is 1. The number of ether oxygens (including phenoxy) is 2. The highest BCUT2D eigenvalue weighted by atomic mass is 16.5. The fraction of sp³-hybridized carbons (Fsp3) is 0.500. The van der Waals surface area contributed by atoms with Crippen molar-refractivity contribution in [3.05, 3.63) is 53.2 Å². The molecule has 1 aromatic carbocycles. The van der Waals surface area contributed by atoms with Crippen molar-refractivity contribution in [1.29, 1.82) is 0 Å². The number of nitrogens with zero attached hydrogens (tertiary/aromatic N) is 1. The monoisotopic (exact) mass is 445 g/mol. The zero-order chi connectivity index (χ0) is 23.3. The molecule has 0 saturated heterocycles. The van der Waals surface area contributed by atoms with E-state index in [1.165, 1.54) is 12.3 Å². The largest absolute Gasteiger partial charge is 0.507 e. The summed E-state index contributed by atoms with van der Waals surface area (Å²) in [7, 11) is 1.57. The van der Waals surface area contributed by atoms with Crippen molar-refractivity contribution in [2.24, 2.45) is 5.92 Å². The molecule has 8 nitrogen and oxygen atoms in total. The van der Waals surface area contributed by atoms with E-state index in [9.17, 15) is 20.1 Å². The Labute approximate surface area is 187 Å². The van der Waals surface area contributed by atoms with E-state index in [0.717, 1.165) is 5.56 Å². The second-order valence-corrected chi connectivity index (χ2v) is 8.18. The zero-order valence-electron chi connectivity index (χ0n) is 18.6. The summed E-state index contributed by atoms with van der Waals surface area (Å²) in [6.07, 6.45) is 4.76. The van der Waals surface area contributed by atoms with Crippen LogP contribution in [0, 0.1) is 5.92 Å². The second-order valence-electron chi connectivity index (χ2n) is 8.18. The van der Waals surface area contributed by atoms with E-state index in [4.69, 9.17) is 13.9 Å². The summed E-state index contributed by atoms with van der Waals surface area (Å²) in [5.74, 6) is -0.497. The third-order valence-electron chi connectivity index (χ3n) is 5.92. The van der Waals surface area contributed by atoms with Gasteiger partial charge in [0.1, 0.15) is 29.4 Å². The van der Waals surface area contributed by atoms with Gasteiger partial charge in [0.2, 0.25) is 0 Å². The molecule has 1 aliphatic heterocycles. The summed E-state index contributed by atoms with van der Waals surface area (Å²) in [5, 5.41) is 30.1. The second kappa shape index (κ2) is 10.8. The first-order chi connectivity index (χ1) is 15.3. The van der Waals surface area contributed by atoms with Crippen LogP contribution < -0.4 is 0 Å². The van der Waals surface area contributed by atoms with Crippen LogP contribution in [-0.4, -0.2) is 57.8 Å². The molecule has 1 aliphatic rings. The Kier molecular flexibility index (Phi) is 8.06. The molecule has 174 valence electrons. The molecule has 0 spiro atoms. The van der Waals surface area contributed by atoms with Gasteiger partial charge in [0.25, 0.3) is 0 Å². The molecule has 0 unspecified atom stereocenters. The van der Waals surface area contributed by atoms with Gasteiger partial charge in [-0.3, -0.25) is 0 Å². The van der Waals surface area contributed by atoms with Crippen LogP contribution in [0.25, 0.3) is 6.08 Å². The molecular formula is C24H31NO7. The van der Waals surface area contributed by atoms with Crippen LogP contribution in [-0.2, 0) is 22.3 Å². The number of esters is 1. The van der Waals surface area contributed by atoms with Crippen LogP contribution in [0.5, 0.6) is 5.75 Å². The molecule has 0 amide bonds. The molecule has 3 rings (SSSR count). The van der Waals surface area contributed by atoms with Crippen LogP contribution in [0.4, 0.5) is 0 Å². The van der Waals surface area contributed by atoms with Gasteiger partial charge in [-0.05, 0) is 24.1 Å². The Morgan fingerprint density at radius 3 is 2.81 bits per heavy atom. The van der Waals surface area contributed by atoms with Crippen LogP contribution >= 0.6 is 0 Å². The lowest BCUT2D eigenvalue weighted by Gasteiger charge is -2.27. The van der Waals surface area contributed by atoms with Gasteiger partial charge >= 0.3 is 5.97 Å². The van der Waals surface area contributed by atoms with Crippen molar-refractivity contribution in [1.82, 2.24) is 4.98 Å². The van der Waals surface area contributed by atoms with Gasteiger partial charge in [0.15, 0.2) is 5.89 Å². The Morgan fingerprint density at radius 1 is 1.31 bits per heavy atom. The van der Waals surface area contributed by atoms with Crippen molar-refractivity contribution in [2.45, 2.75) is 63.9 Å². The number of carbonyl (C=O) groups excluding carboxylic acids is 1. The normalized spacial score (nSPS) is 19.9. The maximum atomic E-state index is 12.3. The average molecular weight is 446 g/mol. The lowest BCUT2D eigenvalue weighted by molar-refractivity contribution is 0.00941. The Bertz CT molecular complexity index is 938. The van der Waals surface area contributed by atoms with Crippen LogP contribution in [0.3, 0.4) is 0 Å². The molecule has 2 heterocycles. The number of fused-ring (bicyclic) bond motifs is 1. The van der Waals surface area contributed by atoms with E-state index in [2.05, 4.69) is 4.98 Å². The minimum absolute atomic E-state index is 0.0697. The number of benzene rings is 1. The summed E-state index contributed by atoms with van der Waals surface area (Å²) in [5.41, 5.74) is 1.56. The molecule has 3 N–H and O–H groups in total. The number of aromatic hydroxyl groups is 1. The fourth-order valence-corrected chi connectivity index (χ4v) is 3.83. The lowest BCUT2D eigenvalue weighted by atomic mass is 9.94. The first-order valence-corrected chi connectivity index (χ1v) is 10.9. The summed E-state index contributed by atoms with van der Waals surface area (Å²) >= 11 is 0. The zero-order valence-corrected chi connectivity index (χ0v) is 18.6. The number of methoxy groups -OCH3 is 1. The standard InChI is InChI=1S/C24H31NO7/c1-4-19(26)14(2)21(28)12-22-25-16(13-31-22)8-9-17(30-3)11-18-10-15-6-5-7-20(27)23(15)24(29)32-18/h5-9,13-14,17-19,21,26-28H,4,10-12H2,1-3H3/b9-8+/t14-,17-,18+,19-,21+/m1/s1. The number of phenolic OH excluding ortho intramolecular Hbond substituents is 1. The van der Waals surface area contributed by atoms with Gasteiger partial charge < -0.3 is 29.2 Å². The van der Waals surface area contributed by atoms with E-state index >= 15 is 0 Å². The predicted octanol–water partition coefficient (Wildman–Crippen LogP) is 2.89. The Morgan fingerprint density at radius 2 is 2.09 bits per heavy atom. The van der Waals surface area contributed by atoms with Crippen LogP contribution in [0.1, 0.15) is 54.2 Å². The van der Waals surface area contributed by atoms with Gasteiger partial charge in [-0.1, -0.05) is 32.1 Å². The van der Waals surface area contributed by atoms with Gasteiger partial charge in [-0.2, -0.15) is 0 Å². The van der Waals surface area contributed by atoms with E-state index < -0.39 is 18.2 Å². The highest BCUT2D eigenvalue weighted by molar-refractivity contribution is 5.95. The number of hydrogen-bond donors (Lipinski definition) is 3. The molecule has 32 heavy (non-hydrogen) atoms. The number of aromatic nitrogens is 1. The van der Waals surface area contributed by atoms with Crippen LogP contribution in [0.2, 0.25) is 0 Å². The van der Waals surface area contributed by atoms with Gasteiger partial charge in [-0.15, -0.1) is 0 Å². The molecular weight excluding hydrogens is 414 g/mol. The molecule has 8 heteroatoms. The van der Waals surface area contributed by atoms with Gasteiger partial charge in [0, 0.05) is 25.9 Å². The molecule has 5 atom stereocenters. The van der Waals surface area contributed by atoms with E-state index in [1.807, 2.05) is 19.1 Å². The highest BCUT2D eigenvalue weighted by Gasteiger charge is 2.30. The quantitative estimate of drug-likeness (QED) is 0.477. The third-order valence-corrected chi connectivity index (χ3v) is 5.92. The number of oxazole rings is 1. The first-order valence-electron chi connectivity index (χ1n) is 10.9. The number of hydrogen-bond acceptors (Lipinski definition) is 8. The SMILES string of the molecule is CC[C@@H](O)[C@@H](C)[C@@H](O)Cc1nc(/C=C/[C@H](C[C@@H]2Cc3cccc(O)c3C(=O)O2)OC)co1. The number of rotatable bonds is 10. The smallest absolute Gasteiger partial charge is 0.342 e. The fourth-order valence-electron chi connectivity index (χ4n) is 3.83. The van der Waals surface area contributed by atoms with Crippen molar-refractivity contribution in [3.8, 4) is 5.75 Å². The van der Waals surface area contributed by atoms with Gasteiger partial charge in [0.05, 0.1) is 24.7 Å². The van der Waals surface area contributed by atoms with Crippen molar-refractivity contribution in [2.75, 3.05) is 7.11 Å². The Hall–Kier alpha value is -2.68. The summed E-state index contributed by atoms with van der Waals surface area (Å²) < 4.78 is 16.4. The molecule has 2 aromatic rings. The first kappa shape index (κ1) is 24.0. The minimum Gasteiger partial charge on any atom is -0.507 e. The molecule has 1 aromatic heterocycles. The van der Waals surface area contributed by atoms with Crippen molar-refractivity contribution < 1.29 is 34.0 Å². The number of phenols is 1. The third kappa shape index (κ3) is 5.76. The average Bonchev–Trinajstić information content (AvgIpc) is 3.22. The summed E-state index contributed by atoms with van der Waals surface area (Å²) in [6.45, 7) is 3.66. The Balaban J connectivity index is 1.58. The number of carbonyl (C=O) groups is 1. The molecule has 0 aliphatic carbocycles. The maximum absolute atomic E-state index is 12.3. The highest BCUT2D eigenvalue weighted by Crippen LogP contribution is 2.30. The number of aliphatic hydroxyl groups excluding tert-OH is 2. The molecule has 0 saturated carbocycles. The van der Waals surface area contributed by atoms with Crippen LogP contribution in [0.15, 0.2) is 35.0 Å². The van der Waals surface area contributed by atoms with Crippen molar-refractivity contribution >= 4 is 12.0 Å². The van der Waals surface area contributed by atoms with Gasteiger partial charge in [-0.25, -0.2) is 9.78 Å². The summed E-state index contributed by atoms with van der Waals surface area (Å²) in [6, 6.07) is 4.99. The molecule has 0 radical (unpaired) electrons.